The van der Waals surface area contributed by atoms with Crippen molar-refractivity contribution in [1.29, 1.82) is 0 Å². The van der Waals surface area contributed by atoms with E-state index in [9.17, 15) is 4.79 Å². The molecule has 1 saturated heterocycles. The Morgan fingerprint density at radius 1 is 1.13 bits per heavy atom. The van der Waals surface area contributed by atoms with Crippen LogP contribution in [0.3, 0.4) is 0 Å². The topological polar surface area (TPSA) is 67.4 Å². The minimum atomic E-state index is -0.494. The van der Waals surface area contributed by atoms with Gasteiger partial charge in [0.2, 0.25) is 0 Å². The molecule has 6 heteroatoms. The number of ether oxygens (including phenoxy) is 1. The van der Waals surface area contributed by atoms with Gasteiger partial charge in [0, 0.05) is 30.1 Å². The zero-order valence-corrected chi connectivity index (χ0v) is 18.9. The molecular weight excluding hydrogens is 388 g/mol. The van der Waals surface area contributed by atoms with Crippen LogP contribution in [0.5, 0.6) is 0 Å². The van der Waals surface area contributed by atoms with Gasteiger partial charge in [-0.25, -0.2) is 14.8 Å². The number of benzene rings is 2. The van der Waals surface area contributed by atoms with Gasteiger partial charge in [-0.3, -0.25) is 0 Å². The first-order valence-corrected chi connectivity index (χ1v) is 10.8. The molecule has 1 aliphatic heterocycles. The molecule has 2 aromatic carbocycles. The number of para-hydroxylation sites is 1. The number of carbonyl (C=O) groups excluding carboxylic acids is 1. The Balaban J connectivity index is 1.62. The highest BCUT2D eigenvalue weighted by atomic mass is 16.6. The number of fused-ring (bicyclic) bond motifs is 1. The molecule has 1 aromatic heterocycles. The summed E-state index contributed by atoms with van der Waals surface area (Å²) in [6, 6.07) is 14.5. The maximum Gasteiger partial charge on any atom is 0.410 e. The zero-order chi connectivity index (χ0) is 22.2. The maximum atomic E-state index is 12.4. The van der Waals surface area contributed by atoms with Crippen molar-refractivity contribution in [2.75, 3.05) is 18.4 Å². The molecule has 1 aliphatic rings. The predicted molar refractivity (Wildman–Crippen MR) is 124 cm³/mol. The molecule has 0 saturated carbocycles. The zero-order valence-electron chi connectivity index (χ0n) is 18.9. The lowest BCUT2D eigenvalue weighted by molar-refractivity contribution is 0.0293. The van der Waals surface area contributed by atoms with Crippen LogP contribution in [0.2, 0.25) is 0 Å². The van der Waals surface area contributed by atoms with Gasteiger partial charge >= 0.3 is 6.09 Å². The monoisotopic (exact) mass is 418 g/mol. The largest absolute Gasteiger partial charge is 0.444 e. The lowest BCUT2D eigenvalue weighted by Crippen LogP contribution is -2.36. The van der Waals surface area contributed by atoms with E-state index in [0.717, 1.165) is 34.3 Å². The highest BCUT2D eigenvalue weighted by Gasteiger charge is 2.30. The van der Waals surface area contributed by atoms with Crippen LogP contribution in [0.1, 0.15) is 38.3 Å². The summed E-state index contributed by atoms with van der Waals surface area (Å²) in [7, 11) is 0. The molecule has 1 amide bonds. The summed E-state index contributed by atoms with van der Waals surface area (Å²) >= 11 is 0. The molecule has 1 N–H and O–H groups in total. The molecule has 1 atom stereocenters. The predicted octanol–water partition coefficient (Wildman–Crippen LogP) is 5.33. The Morgan fingerprint density at radius 2 is 1.90 bits per heavy atom. The van der Waals surface area contributed by atoms with Gasteiger partial charge in [-0.1, -0.05) is 29.8 Å². The summed E-state index contributed by atoms with van der Waals surface area (Å²) < 4.78 is 5.53. The van der Waals surface area contributed by atoms with Crippen LogP contribution < -0.4 is 5.32 Å². The summed E-state index contributed by atoms with van der Waals surface area (Å²) in [4.78, 5) is 23.9. The van der Waals surface area contributed by atoms with Gasteiger partial charge in [0.05, 0.1) is 5.52 Å². The number of carbonyl (C=O) groups is 1. The number of nitrogens with one attached hydrogen (secondary N) is 1. The number of likely N-dealkylation sites (tertiary alicyclic amines) is 1. The van der Waals surface area contributed by atoms with Crippen molar-refractivity contribution in [3.8, 4) is 11.4 Å². The minimum absolute atomic E-state index is 0.109. The van der Waals surface area contributed by atoms with E-state index in [4.69, 9.17) is 14.7 Å². The van der Waals surface area contributed by atoms with E-state index in [1.165, 1.54) is 5.56 Å². The maximum absolute atomic E-state index is 12.4. The van der Waals surface area contributed by atoms with E-state index in [0.29, 0.717) is 18.9 Å². The number of hydrogen-bond acceptors (Lipinski definition) is 5. The lowest BCUT2D eigenvalue weighted by atomic mass is 10.0. The van der Waals surface area contributed by atoms with E-state index in [2.05, 4.69) is 37.4 Å². The molecule has 0 radical (unpaired) electrons. The van der Waals surface area contributed by atoms with Crippen molar-refractivity contribution >= 4 is 22.8 Å². The number of nitrogens with zero attached hydrogens (tertiary/aromatic N) is 3. The fourth-order valence-corrected chi connectivity index (χ4v) is 3.85. The van der Waals surface area contributed by atoms with Gasteiger partial charge in [0.25, 0.3) is 0 Å². The SMILES string of the molecule is Cc1ccc(C)c(-c2nc(N[C@H]3CCN(C(=O)OC(C)(C)C)C3)c3ccccc3n2)c1. The smallest absolute Gasteiger partial charge is 0.410 e. The van der Waals surface area contributed by atoms with Crippen molar-refractivity contribution in [3.05, 3.63) is 53.6 Å². The van der Waals surface area contributed by atoms with Gasteiger partial charge in [-0.05, 0) is 64.8 Å². The van der Waals surface area contributed by atoms with Crippen LogP contribution >= 0.6 is 0 Å². The van der Waals surface area contributed by atoms with Crippen LogP contribution in [-0.2, 0) is 4.74 Å². The number of amides is 1. The van der Waals surface area contributed by atoms with Crippen LogP contribution in [0.25, 0.3) is 22.3 Å². The second-order valence-corrected chi connectivity index (χ2v) is 9.29. The molecule has 6 nitrogen and oxygen atoms in total. The number of anilines is 1. The van der Waals surface area contributed by atoms with Crippen molar-refractivity contribution in [2.45, 2.75) is 52.7 Å². The highest BCUT2D eigenvalue weighted by molar-refractivity contribution is 5.91. The Bertz CT molecular complexity index is 1120. The van der Waals surface area contributed by atoms with Crippen molar-refractivity contribution in [2.24, 2.45) is 0 Å². The normalized spacial score (nSPS) is 16.5. The molecule has 0 spiro atoms. The van der Waals surface area contributed by atoms with E-state index < -0.39 is 5.60 Å². The molecule has 2 heterocycles. The first kappa shape index (κ1) is 21.1. The number of rotatable bonds is 3. The van der Waals surface area contributed by atoms with Gasteiger partial charge in [0.15, 0.2) is 5.82 Å². The van der Waals surface area contributed by atoms with Crippen molar-refractivity contribution < 1.29 is 9.53 Å². The van der Waals surface area contributed by atoms with E-state index >= 15 is 0 Å². The fraction of sp³-hybridized carbons (Fsp3) is 0.400. The highest BCUT2D eigenvalue weighted by Crippen LogP contribution is 2.29. The van der Waals surface area contributed by atoms with Crippen molar-refractivity contribution in [1.82, 2.24) is 14.9 Å². The van der Waals surface area contributed by atoms with Crippen LogP contribution in [0, 0.1) is 13.8 Å². The van der Waals surface area contributed by atoms with Crippen LogP contribution in [0.15, 0.2) is 42.5 Å². The van der Waals surface area contributed by atoms with Crippen molar-refractivity contribution in [3.63, 3.8) is 0 Å². The Kier molecular flexibility index (Phi) is 5.56. The first-order chi connectivity index (χ1) is 14.7. The Morgan fingerprint density at radius 3 is 2.68 bits per heavy atom. The van der Waals surface area contributed by atoms with Gasteiger partial charge in [-0.2, -0.15) is 0 Å². The molecule has 4 rings (SSSR count). The summed E-state index contributed by atoms with van der Waals surface area (Å²) in [5, 5.41) is 4.55. The summed E-state index contributed by atoms with van der Waals surface area (Å²) in [6.07, 6.45) is 0.580. The molecule has 0 unspecified atom stereocenters. The third kappa shape index (κ3) is 4.79. The lowest BCUT2D eigenvalue weighted by Gasteiger charge is -2.24. The summed E-state index contributed by atoms with van der Waals surface area (Å²) in [5.74, 6) is 1.52. The van der Waals surface area contributed by atoms with E-state index in [1.807, 2.05) is 45.0 Å². The van der Waals surface area contributed by atoms with Gasteiger partial charge < -0.3 is 15.0 Å². The average Bonchev–Trinajstić information content (AvgIpc) is 3.17. The molecule has 162 valence electrons. The molecule has 0 aliphatic carbocycles. The van der Waals surface area contributed by atoms with Gasteiger partial charge in [0.1, 0.15) is 11.4 Å². The Hall–Kier alpha value is -3.15. The van der Waals surface area contributed by atoms with Gasteiger partial charge in [-0.15, -0.1) is 0 Å². The van der Waals surface area contributed by atoms with Crippen LogP contribution in [-0.4, -0.2) is 45.7 Å². The summed E-state index contributed by atoms with van der Waals surface area (Å²) in [6.45, 7) is 11.1. The third-order valence-electron chi connectivity index (χ3n) is 5.42. The van der Waals surface area contributed by atoms with E-state index in [-0.39, 0.29) is 12.1 Å². The number of hydrogen-bond donors (Lipinski definition) is 1. The molecule has 31 heavy (non-hydrogen) atoms. The van der Waals surface area contributed by atoms with E-state index in [1.54, 1.807) is 4.90 Å². The molecule has 0 bridgehead atoms. The first-order valence-electron chi connectivity index (χ1n) is 10.8. The second-order valence-electron chi connectivity index (χ2n) is 9.29. The van der Waals surface area contributed by atoms with Crippen LogP contribution in [0.4, 0.5) is 10.6 Å². The summed E-state index contributed by atoms with van der Waals surface area (Å²) in [5.41, 5.74) is 3.76. The quantitative estimate of drug-likeness (QED) is 0.622. The molecule has 3 aromatic rings. The molecular formula is C25H30N4O2. The standard InChI is InChI=1S/C25H30N4O2/c1-16-10-11-17(2)20(14-16)23-27-21-9-7-6-8-19(21)22(28-23)26-18-12-13-29(15-18)24(30)31-25(3,4)5/h6-11,14,18H,12-13,15H2,1-5H3,(H,26,27,28)/t18-/m0/s1. The Labute approximate surface area is 183 Å². The molecule has 1 fully saturated rings. The number of aryl methyl sites for hydroxylation is 2. The number of aromatic nitrogens is 2. The fourth-order valence-electron chi connectivity index (χ4n) is 3.85. The third-order valence-corrected chi connectivity index (χ3v) is 5.42. The minimum Gasteiger partial charge on any atom is -0.444 e. The second kappa shape index (κ2) is 8.17. The average molecular weight is 419 g/mol.